The molecule has 1 aliphatic carbocycles. The van der Waals surface area contributed by atoms with Gasteiger partial charge in [0.25, 0.3) is 0 Å². The summed E-state index contributed by atoms with van der Waals surface area (Å²) in [5.74, 6) is 0.341. The van der Waals surface area contributed by atoms with E-state index in [0.717, 1.165) is 12.8 Å². The van der Waals surface area contributed by atoms with Crippen LogP contribution in [0.1, 0.15) is 26.7 Å². The standard InChI is InChI=1S/C8H15NO2/c1-3-6-5-8(6,9)7(10)11-4-2/h6H,3-5,9H2,1-2H3/p+1/t6-,8-/m0/s1. The lowest BCUT2D eigenvalue weighted by atomic mass is 10.2. The number of ether oxygens (including phenoxy) is 1. The first kappa shape index (κ1) is 8.53. The monoisotopic (exact) mass is 158 g/mol. The smallest absolute Gasteiger partial charge is 0.368 e. The van der Waals surface area contributed by atoms with Crippen molar-refractivity contribution in [3.8, 4) is 0 Å². The van der Waals surface area contributed by atoms with Gasteiger partial charge in [0.1, 0.15) is 0 Å². The van der Waals surface area contributed by atoms with Gasteiger partial charge in [-0.1, -0.05) is 6.92 Å². The van der Waals surface area contributed by atoms with Crippen LogP contribution < -0.4 is 5.73 Å². The van der Waals surface area contributed by atoms with E-state index in [4.69, 9.17) is 4.74 Å². The lowest BCUT2D eigenvalue weighted by Gasteiger charge is -2.05. The van der Waals surface area contributed by atoms with Crippen molar-refractivity contribution in [1.82, 2.24) is 0 Å². The van der Waals surface area contributed by atoms with Gasteiger partial charge in [0.2, 0.25) is 0 Å². The third kappa shape index (κ3) is 1.38. The highest BCUT2D eigenvalue weighted by atomic mass is 16.5. The van der Waals surface area contributed by atoms with Crippen molar-refractivity contribution < 1.29 is 15.3 Å². The second kappa shape index (κ2) is 2.81. The van der Waals surface area contributed by atoms with Gasteiger partial charge in [0.15, 0.2) is 5.54 Å². The van der Waals surface area contributed by atoms with Crippen LogP contribution in [-0.4, -0.2) is 18.1 Å². The Balaban J connectivity index is 2.42. The summed E-state index contributed by atoms with van der Waals surface area (Å²) in [6.45, 7) is 4.37. The maximum atomic E-state index is 11.2. The Labute approximate surface area is 66.9 Å². The third-order valence-corrected chi connectivity index (χ3v) is 2.41. The van der Waals surface area contributed by atoms with Gasteiger partial charge < -0.3 is 10.5 Å². The molecular formula is C8H16NO2+. The fraction of sp³-hybridized carbons (Fsp3) is 0.875. The number of esters is 1. The van der Waals surface area contributed by atoms with Crippen LogP contribution in [0, 0.1) is 5.92 Å². The Morgan fingerprint density at radius 2 is 2.36 bits per heavy atom. The van der Waals surface area contributed by atoms with Crippen molar-refractivity contribution in [2.45, 2.75) is 32.2 Å². The van der Waals surface area contributed by atoms with Crippen LogP contribution in [0.5, 0.6) is 0 Å². The fourth-order valence-electron chi connectivity index (χ4n) is 1.44. The summed E-state index contributed by atoms with van der Waals surface area (Å²) in [4.78, 5) is 11.2. The first-order valence-electron chi connectivity index (χ1n) is 4.17. The molecule has 0 spiro atoms. The second-order valence-corrected chi connectivity index (χ2v) is 3.19. The Kier molecular flexibility index (Phi) is 2.18. The summed E-state index contributed by atoms with van der Waals surface area (Å²) in [5.41, 5.74) is 3.49. The lowest BCUT2D eigenvalue weighted by molar-refractivity contribution is -0.430. The normalized spacial score (nSPS) is 35.0. The van der Waals surface area contributed by atoms with Gasteiger partial charge in [0.05, 0.1) is 6.61 Å². The van der Waals surface area contributed by atoms with Crippen LogP contribution in [0.4, 0.5) is 0 Å². The molecule has 64 valence electrons. The van der Waals surface area contributed by atoms with Crippen LogP contribution in [0.25, 0.3) is 0 Å². The Bertz CT molecular complexity index is 169. The van der Waals surface area contributed by atoms with Crippen molar-refractivity contribution in [1.29, 1.82) is 0 Å². The SMILES string of the molecule is CCOC(=O)[C@]1([NH3+])C[C@@H]1CC. The first-order valence-corrected chi connectivity index (χ1v) is 4.17. The zero-order chi connectivity index (χ0) is 8.48. The van der Waals surface area contributed by atoms with E-state index in [-0.39, 0.29) is 11.5 Å². The number of hydrogen-bond acceptors (Lipinski definition) is 2. The van der Waals surface area contributed by atoms with Gasteiger partial charge in [-0.2, -0.15) is 0 Å². The molecule has 0 bridgehead atoms. The molecule has 0 saturated heterocycles. The van der Waals surface area contributed by atoms with Crippen LogP contribution >= 0.6 is 0 Å². The van der Waals surface area contributed by atoms with Gasteiger partial charge >= 0.3 is 5.97 Å². The van der Waals surface area contributed by atoms with Crippen LogP contribution in [0.3, 0.4) is 0 Å². The van der Waals surface area contributed by atoms with Crippen molar-refractivity contribution >= 4 is 5.97 Å². The zero-order valence-electron chi connectivity index (χ0n) is 7.22. The van der Waals surface area contributed by atoms with E-state index in [2.05, 4.69) is 12.7 Å². The molecule has 0 aromatic rings. The molecule has 0 unspecified atom stereocenters. The topological polar surface area (TPSA) is 53.9 Å². The molecule has 0 aromatic carbocycles. The highest BCUT2D eigenvalue weighted by Crippen LogP contribution is 2.42. The molecule has 1 saturated carbocycles. The summed E-state index contributed by atoms with van der Waals surface area (Å²) < 4.78 is 4.90. The molecule has 0 heterocycles. The quantitative estimate of drug-likeness (QED) is 0.586. The van der Waals surface area contributed by atoms with Gasteiger partial charge in [-0.25, -0.2) is 4.79 Å². The van der Waals surface area contributed by atoms with Crippen molar-refractivity contribution in [2.24, 2.45) is 5.92 Å². The summed E-state index contributed by atoms with van der Waals surface area (Å²) in [7, 11) is 0. The highest BCUT2D eigenvalue weighted by Gasteiger charge is 2.61. The van der Waals surface area contributed by atoms with E-state index in [9.17, 15) is 4.79 Å². The summed E-state index contributed by atoms with van der Waals surface area (Å²) in [6.07, 6.45) is 1.94. The molecule has 0 radical (unpaired) electrons. The molecule has 0 amide bonds. The number of carbonyl (C=O) groups excluding carboxylic acids is 1. The van der Waals surface area contributed by atoms with Crippen LogP contribution in [0.15, 0.2) is 0 Å². The van der Waals surface area contributed by atoms with Crippen molar-refractivity contribution in [3.63, 3.8) is 0 Å². The molecule has 11 heavy (non-hydrogen) atoms. The molecule has 3 heteroatoms. The fourth-order valence-corrected chi connectivity index (χ4v) is 1.44. The van der Waals surface area contributed by atoms with Crippen LogP contribution in [-0.2, 0) is 9.53 Å². The number of hydrogen-bond donors (Lipinski definition) is 1. The average molecular weight is 158 g/mol. The van der Waals surface area contributed by atoms with E-state index in [1.54, 1.807) is 0 Å². The van der Waals surface area contributed by atoms with Crippen molar-refractivity contribution in [3.05, 3.63) is 0 Å². The minimum absolute atomic E-state index is 0.119. The van der Waals surface area contributed by atoms with E-state index < -0.39 is 0 Å². The minimum atomic E-state index is -0.384. The zero-order valence-corrected chi connectivity index (χ0v) is 7.22. The van der Waals surface area contributed by atoms with Gasteiger partial charge in [-0.15, -0.1) is 0 Å². The third-order valence-electron chi connectivity index (χ3n) is 2.41. The largest absolute Gasteiger partial charge is 0.461 e. The van der Waals surface area contributed by atoms with Gasteiger partial charge in [-0.05, 0) is 13.3 Å². The summed E-state index contributed by atoms with van der Waals surface area (Å²) in [5, 5.41) is 0. The summed E-state index contributed by atoms with van der Waals surface area (Å²) in [6, 6.07) is 0. The number of quaternary nitrogens is 1. The molecule has 2 atom stereocenters. The van der Waals surface area contributed by atoms with E-state index >= 15 is 0 Å². The first-order chi connectivity index (χ1) is 5.15. The lowest BCUT2D eigenvalue weighted by Crippen LogP contribution is -2.69. The number of rotatable bonds is 3. The molecule has 1 rings (SSSR count). The maximum Gasteiger partial charge on any atom is 0.368 e. The predicted octanol–water partition coefficient (Wildman–Crippen LogP) is -0.0399. The van der Waals surface area contributed by atoms with E-state index in [0.29, 0.717) is 12.5 Å². The van der Waals surface area contributed by atoms with Crippen LogP contribution in [0.2, 0.25) is 0 Å². The average Bonchev–Trinajstić information content (AvgIpc) is 2.64. The molecule has 3 N–H and O–H groups in total. The molecule has 0 aliphatic heterocycles. The molecule has 1 aliphatic rings. The van der Waals surface area contributed by atoms with Crippen molar-refractivity contribution in [2.75, 3.05) is 6.61 Å². The Morgan fingerprint density at radius 3 is 2.73 bits per heavy atom. The molecule has 1 fully saturated rings. The molecule has 0 aromatic heterocycles. The highest BCUT2D eigenvalue weighted by molar-refractivity contribution is 5.82. The Morgan fingerprint density at radius 1 is 1.73 bits per heavy atom. The Hall–Kier alpha value is -0.570. The van der Waals surface area contributed by atoms with Gasteiger partial charge in [0, 0.05) is 12.3 Å². The molecule has 3 nitrogen and oxygen atoms in total. The number of carbonyl (C=O) groups is 1. The predicted molar refractivity (Wildman–Crippen MR) is 40.7 cm³/mol. The summed E-state index contributed by atoms with van der Waals surface area (Å²) >= 11 is 0. The van der Waals surface area contributed by atoms with Gasteiger partial charge in [-0.3, -0.25) is 0 Å². The minimum Gasteiger partial charge on any atom is -0.461 e. The molecular weight excluding hydrogens is 142 g/mol. The maximum absolute atomic E-state index is 11.2. The second-order valence-electron chi connectivity index (χ2n) is 3.19. The van der Waals surface area contributed by atoms with E-state index in [1.165, 1.54) is 0 Å². The van der Waals surface area contributed by atoms with E-state index in [1.807, 2.05) is 6.92 Å².